The zero-order valence-electron chi connectivity index (χ0n) is 13.1. The minimum atomic E-state index is 0.562. The Labute approximate surface area is 153 Å². The SMILES string of the molecule is CC(=NNc1nn2cnnc2c2ccccc12)c1cc(Cl)cc(Cl)c1. The third kappa shape index (κ3) is 3.01. The fraction of sp³-hybridized carbons (Fsp3) is 0.0588. The fourth-order valence-corrected chi connectivity index (χ4v) is 3.10. The third-order valence-corrected chi connectivity index (χ3v) is 4.21. The average Bonchev–Trinajstić information content (AvgIpc) is 3.07. The number of nitrogens with zero attached hydrogens (tertiary/aromatic N) is 5. The van der Waals surface area contributed by atoms with E-state index in [1.807, 2.05) is 43.3 Å². The lowest BCUT2D eigenvalue weighted by molar-refractivity contribution is 0.934. The number of halogens is 2. The van der Waals surface area contributed by atoms with Crippen LogP contribution in [-0.2, 0) is 0 Å². The Kier molecular flexibility index (Phi) is 3.99. The lowest BCUT2D eigenvalue weighted by Crippen LogP contribution is -2.04. The highest BCUT2D eigenvalue weighted by molar-refractivity contribution is 6.35. The molecular formula is C17H12Cl2N6. The van der Waals surface area contributed by atoms with Gasteiger partial charge in [-0.05, 0) is 25.1 Å². The molecule has 25 heavy (non-hydrogen) atoms. The summed E-state index contributed by atoms with van der Waals surface area (Å²) in [5.74, 6) is 0.607. The quantitative estimate of drug-likeness (QED) is 0.428. The molecule has 2 aromatic carbocycles. The largest absolute Gasteiger partial charge is 0.259 e. The maximum Gasteiger partial charge on any atom is 0.185 e. The summed E-state index contributed by atoms with van der Waals surface area (Å²) in [5, 5.41) is 19.9. The van der Waals surface area contributed by atoms with Gasteiger partial charge in [0.1, 0.15) is 6.33 Å². The van der Waals surface area contributed by atoms with E-state index in [4.69, 9.17) is 23.2 Å². The van der Waals surface area contributed by atoms with Crippen LogP contribution in [0.25, 0.3) is 16.4 Å². The highest BCUT2D eigenvalue weighted by Crippen LogP contribution is 2.24. The van der Waals surface area contributed by atoms with Gasteiger partial charge in [-0.3, -0.25) is 5.43 Å². The molecule has 0 atom stereocenters. The predicted molar refractivity (Wildman–Crippen MR) is 101 cm³/mol. The van der Waals surface area contributed by atoms with Crippen LogP contribution in [0.2, 0.25) is 10.0 Å². The lowest BCUT2D eigenvalue weighted by Gasteiger charge is -2.08. The molecule has 0 amide bonds. The molecule has 0 bridgehead atoms. The van der Waals surface area contributed by atoms with E-state index in [-0.39, 0.29) is 0 Å². The van der Waals surface area contributed by atoms with Crippen LogP contribution in [0.4, 0.5) is 5.82 Å². The van der Waals surface area contributed by atoms with Crippen LogP contribution in [0.5, 0.6) is 0 Å². The van der Waals surface area contributed by atoms with Gasteiger partial charge in [0.15, 0.2) is 11.5 Å². The van der Waals surface area contributed by atoms with Crippen molar-refractivity contribution in [3.05, 3.63) is 64.4 Å². The number of hydrogen-bond donors (Lipinski definition) is 1. The van der Waals surface area contributed by atoms with Gasteiger partial charge in [-0.2, -0.15) is 9.62 Å². The monoisotopic (exact) mass is 370 g/mol. The highest BCUT2D eigenvalue weighted by Gasteiger charge is 2.09. The Balaban J connectivity index is 1.76. The van der Waals surface area contributed by atoms with E-state index in [2.05, 4.69) is 25.8 Å². The highest BCUT2D eigenvalue weighted by atomic mass is 35.5. The molecule has 6 nitrogen and oxygen atoms in total. The minimum absolute atomic E-state index is 0.562. The number of rotatable bonds is 3. The number of benzene rings is 2. The van der Waals surface area contributed by atoms with Gasteiger partial charge in [0.05, 0.1) is 5.71 Å². The zero-order chi connectivity index (χ0) is 17.4. The second-order valence-corrected chi connectivity index (χ2v) is 6.33. The first kappa shape index (κ1) is 15.8. The van der Waals surface area contributed by atoms with Crippen LogP contribution in [0.3, 0.4) is 0 Å². The van der Waals surface area contributed by atoms with Crippen molar-refractivity contribution in [3.63, 3.8) is 0 Å². The van der Waals surface area contributed by atoms with Crippen LogP contribution < -0.4 is 5.43 Å². The predicted octanol–water partition coefficient (Wildman–Crippen LogP) is 4.42. The van der Waals surface area contributed by atoms with Gasteiger partial charge in [-0.15, -0.1) is 15.3 Å². The second-order valence-electron chi connectivity index (χ2n) is 5.46. The molecule has 0 saturated heterocycles. The number of aromatic nitrogens is 4. The van der Waals surface area contributed by atoms with E-state index in [9.17, 15) is 0 Å². The number of anilines is 1. The zero-order valence-corrected chi connectivity index (χ0v) is 14.6. The molecule has 0 unspecified atom stereocenters. The maximum atomic E-state index is 6.05. The van der Waals surface area contributed by atoms with E-state index >= 15 is 0 Å². The summed E-state index contributed by atoms with van der Waals surface area (Å²) in [6.07, 6.45) is 1.56. The second kappa shape index (κ2) is 6.31. The average molecular weight is 371 g/mol. The van der Waals surface area contributed by atoms with Crippen molar-refractivity contribution >= 4 is 51.2 Å². The normalized spacial score (nSPS) is 12.0. The van der Waals surface area contributed by atoms with Crippen molar-refractivity contribution in [2.24, 2.45) is 5.10 Å². The molecule has 0 aliphatic carbocycles. The summed E-state index contributed by atoms with van der Waals surface area (Å²) in [7, 11) is 0. The summed E-state index contributed by atoms with van der Waals surface area (Å²) < 4.78 is 1.62. The van der Waals surface area contributed by atoms with Crippen LogP contribution >= 0.6 is 23.2 Å². The topological polar surface area (TPSA) is 67.5 Å². The van der Waals surface area contributed by atoms with Crippen molar-refractivity contribution in [2.75, 3.05) is 5.43 Å². The molecule has 0 radical (unpaired) electrons. The Morgan fingerprint density at radius 2 is 1.80 bits per heavy atom. The van der Waals surface area contributed by atoms with Crippen molar-refractivity contribution in [2.45, 2.75) is 6.92 Å². The Hall–Kier alpha value is -2.70. The molecular weight excluding hydrogens is 359 g/mol. The van der Waals surface area contributed by atoms with Crippen molar-refractivity contribution < 1.29 is 0 Å². The maximum absolute atomic E-state index is 6.05. The molecule has 8 heteroatoms. The van der Waals surface area contributed by atoms with E-state index in [1.165, 1.54) is 0 Å². The lowest BCUT2D eigenvalue weighted by atomic mass is 10.1. The summed E-state index contributed by atoms with van der Waals surface area (Å²) >= 11 is 12.1. The Bertz CT molecular complexity index is 1100. The van der Waals surface area contributed by atoms with Gasteiger partial charge >= 0.3 is 0 Å². The van der Waals surface area contributed by atoms with Crippen LogP contribution in [0, 0.1) is 0 Å². The first-order chi connectivity index (χ1) is 12.1. The third-order valence-electron chi connectivity index (χ3n) is 3.77. The van der Waals surface area contributed by atoms with Crippen LogP contribution in [-0.4, -0.2) is 25.5 Å². The molecule has 2 heterocycles. The van der Waals surface area contributed by atoms with E-state index in [0.29, 0.717) is 21.5 Å². The molecule has 0 fully saturated rings. The van der Waals surface area contributed by atoms with Crippen molar-refractivity contribution in [1.29, 1.82) is 0 Å². The first-order valence-electron chi connectivity index (χ1n) is 7.47. The molecule has 1 N–H and O–H groups in total. The summed E-state index contributed by atoms with van der Waals surface area (Å²) in [4.78, 5) is 0. The molecule has 0 spiro atoms. The van der Waals surface area contributed by atoms with Crippen LogP contribution in [0.1, 0.15) is 12.5 Å². The van der Waals surface area contributed by atoms with Crippen LogP contribution in [0.15, 0.2) is 53.9 Å². The molecule has 0 aliphatic rings. The fourth-order valence-electron chi connectivity index (χ4n) is 2.57. The standard InChI is InChI=1S/C17H12Cl2N6/c1-10(11-6-12(18)8-13(19)7-11)21-22-16-14-4-2-3-5-15(14)17-23-20-9-25(17)24-16/h2-9H,1H3,(H,22,24). The number of nitrogens with one attached hydrogen (secondary N) is 1. The van der Waals surface area contributed by atoms with Gasteiger partial charge in [0.2, 0.25) is 0 Å². The van der Waals surface area contributed by atoms with Crippen molar-refractivity contribution in [1.82, 2.24) is 19.8 Å². The molecule has 0 saturated carbocycles. The molecule has 4 rings (SSSR count). The van der Waals surface area contributed by atoms with Gasteiger partial charge < -0.3 is 0 Å². The first-order valence-corrected chi connectivity index (χ1v) is 8.23. The molecule has 2 aromatic heterocycles. The Morgan fingerprint density at radius 3 is 2.56 bits per heavy atom. The van der Waals surface area contributed by atoms with E-state index in [0.717, 1.165) is 22.0 Å². The van der Waals surface area contributed by atoms with Gasteiger partial charge in [-0.25, -0.2) is 0 Å². The molecule has 0 aliphatic heterocycles. The Morgan fingerprint density at radius 1 is 1.08 bits per heavy atom. The summed E-state index contributed by atoms with van der Waals surface area (Å²) in [5.41, 5.74) is 5.29. The number of hydrazone groups is 1. The smallest absolute Gasteiger partial charge is 0.185 e. The minimum Gasteiger partial charge on any atom is -0.259 e. The van der Waals surface area contributed by atoms with Gasteiger partial charge in [0.25, 0.3) is 0 Å². The van der Waals surface area contributed by atoms with Crippen molar-refractivity contribution in [3.8, 4) is 0 Å². The number of fused-ring (bicyclic) bond motifs is 3. The number of hydrogen-bond acceptors (Lipinski definition) is 5. The van der Waals surface area contributed by atoms with Gasteiger partial charge in [0, 0.05) is 26.4 Å². The molecule has 124 valence electrons. The molecule has 4 aromatic rings. The summed E-state index contributed by atoms with van der Waals surface area (Å²) in [6.45, 7) is 1.87. The van der Waals surface area contributed by atoms with E-state index < -0.39 is 0 Å². The van der Waals surface area contributed by atoms with Gasteiger partial charge in [-0.1, -0.05) is 47.5 Å². The van der Waals surface area contributed by atoms with E-state index in [1.54, 1.807) is 16.9 Å². The summed E-state index contributed by atoms with van der Waals surface area (Å²) in [6, 6.07) is 13.1.